The zero-order chi connectivity index (χ0) is 11.5. The van der Waals surface area contributed by atoms with Crippen molar-refractivity contribution in [3.05, 3.63) is 34.9 Å². The van der Waals surface area contributed by atoms with Crippen molar-refractivity contribution in [2.45, 2.75) is 30.6 Å². The molecule has 2 nitrogen and oxygen atoms in total. The minimum Gasteiger partial charge on any atom is -0.377 e. The Bertz CT molecular complexity index is 339. The van der Waals surface area contributed by atoms with Crippen LogP contribution in [-0.4, -0.2) is 24.7 Å². The molecule has 1 aromatic carbocycles. The van der Waals surface area contributed by atoms with Crippen LogP contribution in [0.4, 0.5) is 0 Å². The zero-order valence-corrected chi connectivity index (χ0v) is 10.5. The first-order chi connectivity index (χ1) is 7.70. The lowest BCUT2D eigenvalue weighted by atomic mass is 9.91. The van der Waals surface area contributed by atoms with E-state index in [4.69, 9.17) is 32.7 Å². The Kier molecular flexibility index (Phi) is 4.09. The van der Waals surface area contributed by atoms with Gasteiger partial charge in [-0.1, -0.05) is 23.7 Å². The van der Waals surface area contributed by atoms with E-state index in [2.05, 4.69) is 0 Å². The molecule has 3 atom stereocenters. The molecule has 1 aromatic rings. The summed E-state index contributed by atoms with van der Waals surface area (Å²) in [6.07, 6.45) is 0.991. The van der Waals surface area contributed by atoms with Crippen LogP contribution in [0.3, 0.4) is 0 Å². The van der Waals surface area contributed by atoms with Gasteiger partial charge in [0.1, 0.15) is 0 Å². The van der Waals surface area contributed by atoms with E-state index in [0.29, 0.717) is 6.61 Å². The molecule has 0 amide bonds. The van der Waals surface area contributed by atoms with Gasteiger partial charge in [-0.2, -0.15) is 0 Å². The summed E-state index contributed by atoms with van der Waals surface area (Å²) >= 11 is 11.8. The summed E-state index contributed by atoms with van der Waals surface area (Å²) in [6.45, 7) is 0.575. The molecule has 1 aliphatic carbocycles. The molecule has 88 valence electrons. The number of halogens is 2. The number of hydrogen-bond donors (Lipinski definition) is 0. The fraction of sp³-hybridized carbons (Fsp3) is 0.500. The topological polar surface area (TPSA) is 18.5 Å². The van der Waals surface area contributed by atoms with Gasteiger partial charge in [0.25, 0.3) is 0 Å². The molecule has 4 heteroatoms. The van der Waals surface area contributed by atoms with Gasteiger partial charge in [0.2, 0.25) is 0 Å². The Balaban J connectivity index is 1.82. The van der Waals surface area contributed by atoms with Crippen LogP contribution in [-0.2, 0) is 16.1 Å². The molecular formula is C12H14Cl2O2. The van der Waals surface area contributed by atoms with Gasteiger partial charge in [-0.25, -0.2) is 0 Å². The standard InChI is InChI=1S/C12H14Cl2O2/c1-15-12-10(14)6-11(12)16-7-8-2-4-9(13)5-3-8/h2-5,10-12H,6-7H2,1H3. The number of methoxy groups -OCH3 is 1. The summed E-state index contributed by atoms with van der Waals surface area (Å²) < 4.78 is 11.0. The van der Waals surface area contributed by atoms with Gasteiger partial charge < -0.3 is 9.47 Å². The second kappa shape index (κ2) is 5.37. The summed E-state index contributed by atoms with van der Waals surface area (Å²) in [4.78, 5) is 0. The highest BCUT2D eigenvalue weighted by molar-refractivity contribution is 6.30. The molecule has 0 radical (unpaired) electrons. The lowest BCUT2D eigenvalue weighted by Crippen LogP contribution is -2.50. The van der Waals surface area contributed by atoms with Crippen LogP contribution in [0.25, 0.3) is 0 Å². The fourth-order valence-electron chi connectivity index (χ4n) is 1.77. The van der Waals surface area contributed by atoms with Crippen LogP contribution < -0.4 is 0 Å². The maximum Gasteiger partial charge on any atom is 0.0997 e. The smallest absolute Gasteiger partial charge is 0.0997 e. The summed E-state index contributed by atoms with van der Waals surface area (Å²) in [7, 11) is 1.66. The molecule has 16 heavy (non-hydrogen) atoms. The second-order valence-electron chi connectivity index (χ2n) is 3.93. The monoisotopic (exact) mass is 260 g/mol. The Morgan fingerprint density at radius 1 is 1.31 bits per heavy atom. The first kappa shape index (κ1) is 12.2. The number of hydrogen-bond acceptors (Lipinski definition) is 2. The lowest BCUT2D eigenvalue weighted by molar-refractivity contribution is -0.116. The van der Waals surface area contributed by atoms with Gasteiger partial charge in [-0.3, -0.25) is 0 Å². The van der Waals surface area contributed by atoms with Crippen LogP contribution in [0, 0.1) is 0 Å². The van der Waals surface area contributed by atoms with E-state index in [-0.39, 0.29) is 17.6 Å². The molecule has 0 N–H and O–H groups in total. The molecule has 0 aliphatic heterocycles. The van der Waals surface area contributed by atoms with Crippen LogP contribution in [0.15, 0.2) is 24.3 Å². The molecule has 0 spiro atoms. The van der Waals surface area contributed by atoms with Crippen molar-refractivity contribution in [1.82, 2.24) is 0 Å². The van der Waals surface area contributed by atoms with Crippen LogP contribution >= 0.6 is 23.2 Å². The largest absolute Gasteiger partial charge is 0.377 e. The molecule has 2 rings (SSSR count). The van der Waals surface area contributed by atoms with Gasteiger partial charge in [0.15, 0.2) is 0 Å². The third-order valence-electron chi connectivity index (χ3n) is 2.83. The average molecular weight is 261 g/mol. The highest BCUT2D eigenvalue weighted by Crippen LogP contribution is 2.31. The molecule has 1 fully saturated rings. The predicted octanol–water partition coefficient (Wildman–Crippen LogP) is 3.25. The maximum absolute atomic E-state index is 5.99. The lowest BCUT2D eigenvalue weighted by Gasteiger charge is -2.39. The minimum absolute atomic E-state index is 0.0222. The number of rotatable bonds is 4. The van der Waals surface area contributed by atoms with Gasteiger partial charge in [0, 0.05) is 12.1 Å². The van der Waals surface area contributed by atoms with Gasteiger partial charge >= 0.3 is 0 Å². The van der Waals surface area contributed by atoms with Crippen LogP contribution in [0.1, 0.15) is 12.0 Å². The van der Waals surface area contributed by atoms with E-state index in [1.165, 1.54) is 0 Å². The van der Waals surface area contributed by atoms with Crippen molar-refractivity contribution in [2.24, 2.45) is 0 Å². The molecule has 0 aromatic heterocycles. The highest BCUT2D eigenvalue weighted by atomic mass is 35.5. The first-order valence-electron chi connectivity index (χ1n) is 5.23. The van der Waals surface area contributed by atoms with Crippen molar-refractivity contribution < 1.29 is 9.47 Å². The Morgan fingerprint density at radius 3 is 2.56 bits per heavy atom. The normalized spacial score (nSPS) is 28.8. The third kappa shape index (κ3) is 2.69. The van der Waals surface area contributed by atoms with Crippen molar-refractivity contribution in [1.29, 1.82) is 0 Å². The molecular weight excluding hydrogens is 247 g/mol. The van der Waals surface area contributed by atoms with Crippen molar-refractivity contribution in [3.8, 4) is 0 Å². The van der Waals surface area contributed by atoms with E-state index in [1.54, 1.807) is 7.11 Å². The van der Waals surface area contributed by atoms with Crippen LogP contribution in [0.2, 0.25) is 5.02 Å². The van der Waals surface area contributed by atoms with Gasteiger partial charge in [0.05, 0.1) is 24.2 Å². The molecule has 0 bridgehead atoms. The number of ether oxygens (including phenoxy) is 2. The quantitative estimate of drug-likeness (QED) is 0.774. The van der Waals surface area contributed by atoms with Crippen LogP contribution in [0.5, 0.6) is 0 Å². The second-order valence-corrected chi connectivity index (χ2v) is 4.92. The summed E-state index contributed by atoms with van der Waals surface area (Å²) in [5.74, 6) is 0. The molecule has 1 aliphatic rings. The Labute approximate surface area is 105 Å². The number of benzene rings is 1. The Morgan fingerprint density at radius 2 is 2.00 bits per heavy atom. The maximum atomic E-state index is 5.99. The fourth-order valence-corrected chi connectivity index (χ4v) is 2.34. The van der Waals surface area contributed by atoms with E-state index >= 15 is 0 Å². The number of alkyl halides is 1. The van der Waals surface area contributed by atoms with Gasteiger partial charge in [-0.05, 0) is 24.1 Å². The summed E-state index contributed by atoms with van der Waals surface area (Å²) in [5, 5.41) is 0.822. The SMILES string of the molecule is COC1C(Cl)CC1OCc1ccc(Cl)cc1. The molecule has 0 heterocycles. The average Bonchev–Trinajstić information content (AvgIpc) is 2.26. The van der Waals surface area contributed by atoms with Crippen molar-refractivity contribution in [3.63, 3.8) is 0 Å². The van der Waals surface area contributed by atoms with E-state index in [0.717, 1.165) is 17.0 Å². The van der Waals surface area contributed by atoms with E-state index < -0.39 is 0 Å². The first-order valence-corrected chi connectivity index (χ1v) is 6.05. The summed E-state index contributed by atoms with van der Waals surface area (Å²) in [6, 6.07) is 7.64. The van der Waals surface area contributed by atoms with Gasteiger partial charge in [-0.15, -0.1) is 11.6 Å². The summed E-state index contributed by atoms with van der Waals surface area (Å²) in [5.41, 5.74) is 1.11. The Hall–Kier alpha value is -0.280. The minimum atomic E-state index is 0.0222. The van der Waals surface area contributed by atoms with E-state index in [9.17, 15) is 0 Å². The third-order valence-corrected chi connectivity index (χ3v) is 3.51. The molecule has 1 saturated carbocycles. The predicted molar refractivity (Wildman–Crippen MR) is 65.1 cm³/mol. The molecule has 3 unspecified atom stereocenters. The van der Waals surface area contributed by atoms with Crippen molar-refractivity contribution in [2.75, 3.05) is 7.11 Å². The zero-order valence-electron chi connectivity index (χ0n) is 9.03. The van der Waals surface area contributed by atoms with Crippen molar-refractivity contribution >= 4 is 23.2 Å². The highest BCUT2D eigenvalue weighted by Gasteiger charge is 2.40. The van der Waals surface area contributed by atoms with E-state index in [1.807, 2.05) is 24.3 Å². The molecule has 0 saturated heterocycles.